The number of hydrogen-bond acceptors (Lipinski definition) is 5. The Kier molecular flexibility index (Phi) is 3.44. The fourth-order valence-corrected chi connectivity index (χ4v) is 1.95. The van der Waals surface area contributed by atoms with Crippen LogP contribution >= 0.6 is 11.6 Å². The summed E-state index contributed by atoms with van der Waals surface area (Å²) >= 11 is 5.64. The predicted molar refractivity (Wildman–Crippen MR) is 64.4 cm³/mol. The van der Waals surface area contributed by atoms with Crippen LogP contribution in [0.1, 0.15) is 23.2 Å². The zero-order valence-corrected chi connectivity index (χ0v) is 10.1. The highest BCUT2D eigenvalue weighted by molar-refractivity contribution is 6.29. The predicted octanol–water partition coefficient (Wildman–Crippen LogP) is 0.863. The van der Waals surface area contributed by atoms with Crippen molar-refractivity contribution in [2.75, 3.05) is 0 Å². The lowest BCUT2D eigenvalue weighted by Crippen LogP contribution is -2.50. The van der Waals surface area contributed by atoms with Crippen LogP contribution in [0, 0.1) is 10.1 Å². The molecule has 0 aliphatic heterocycles. The zero-order chi connectivity index (χ0) is 13.3. The molecular formula is C10H11ClN4O3. The van der Waals surface area contributed by atoms with Gasteiger partial charge in [-0.1, -0.05) is 11.6 Å². The third-order valence-corrected chi connectivity index (χ3v) is 3.01. The number of hydrogen-bond donors (Lipinski definition) is 2. The molecule has 8 heteroatoms. The molecule has 0 atom stereocenters. The number of carbonyl (C=O) groups is 1. The normalized spacial score (nSPS) is 22.1. The third-order valence-electron chi connectivity index (χ3n) is 2.80. The molecule has 18 heavy (non-hydrogen) atoms. The second-order valence-corrected chi connectivity index (χ2v) is 4.57. The summed E-state index contributed by atoms with van der Waals surface area (Å²) in [5.41, 5.74) is 5.15. The highest BCUT2D eigenvalue weighted by Gasteiger charge is 2.29. The molecule has 1 amide bonds. The van der Waals surface area contributed by atoms with E-state index in [1.807, 2.05) is 0 Å². The number of carbonyl (C=O) groups excluding carboxylic acids is 1. The number of nitro groups is 1. The van der Waals surface area contributed by atoms with Crippen molar-refractivity contribution in [2.24, 2.45) is 5.73 Å². The van der Waals surface area contributed by atoms with Crippen molar-refractivity contribution in [2.45, 2.75) is 24.9 Å². The summed E-state index contributed by atoms with van der Waals surface area (Å²) in [5.74, 6) is -0.525. The molecule has 1 aromatic rings. The van der Waals surface area contributed by atoms with Crippen molar-refractivity contribution in [3.8, 4) is 0 Å². The number of nitrogens with zero attached hydrogens (tertiary/aromatic N) is 2. The standard InChI is InChI=1S/C10H11ClN4O3/c11-9-3-7(8(4-13-9)15(17)18)10(16)14-6-1-5(12)2-6/h3-6H,1-2,12H2,(H,14,16). The molecule has 0 aromatic carbocycles. The van der Waals surface area contributed by atoms with Crippen LogP contribution in [0.5, 0.6) is 0 Å². The first-order valence-electron chi connectivity index (χ1n) is 5.33. The van der Waals surface area contributed by atoms with E-state index in [9.17, 15) is 14.9 Å². The van der Waals surface area contributed by atoms with Crippen molar-refractivity contribution >= 4 is 23.2 Å². The fraction of sp³-hybridized carbons (Fsp3) is 0.400. The molecule has 7 nitrogen and oxygen atoms in total. The highest BCUT2D eigenvalue weighted by Crippen LogP contribution is 2.22. The summed E-state index contributed by atoms with van der Waals surface area (Å²) in [6.45, 7) is 0. The number of halogens is 1. The Balaban J connectivity index is 2.18. The van der Waals surface area contributed by atoms with Gasteiger partial charge >= 0.3 is 0 Å². The maximum atomic E-state index is 11.9. The van der Waals surface area contributed by atoms with Gasteiger partial charge in [0, 0.05) is 12.1 Å². The smallest absolute Gasteiger partial charge is 0.300 e. The molecule has 0 spiro atoms. The van der Waals surface area contributed by atoms with Gasteiger partial charge in [0.2, 0.25) is 0 Å². The van der Waals surface area contributed by atoms with Crippen molar-refractivity contribution in [1.29, 1.82) is 0 Å². The van der Waals surface area contributed by atoms with Gasteiger partial charge in [-0.2, -0.15) is 0 Å². The molecule has 0 unspecified atom stereocenters. The molecular weight excluding hydrogens is 260 g/mol. The molecule has 1 heterocycles. The lowest BCUT2D eigenvalue weighted by molar-refractivity contribution is -0.385. The molecule has 1 saturated carbocycles. The van der Waals surface area contributed by atoms with E-state index in [1.165, 1.54) is 6.07 Å². The van der Waals surface area contributed by atoms with E-state index in [2.05, 4.69) is 10.3 Å². The SMILES string of the molecule is NC1CC(NC(=O)c2cc(Cl)ncc2[N+](=O)[O-])C1. The molecule has 0 bridgehead atoms. The van der Waals surface area contributed by atoms with Gasteiger partial charge in [0.15, 0.2) is 0 Å². The summed E-state index contributed by atoms with van der Waals surface area (Å²) in [6.07, 6.45) is 2.33. The highest BCUT2D eigenvalue weighted by atomic mass is 35.5. The summed E-state index contributed by atoms with van der Waals surface area (Å²) in [6, 6.07) is 1.25. The van der Waals surface area contributed by atoms with Crippen LogP contribution in [0.15, 0.2) is 12.3 Å². The summed E-state index contributed by atoms with van der Waals surface area (Å²) < 4.78 is 0. The van der Waals surface area contributed by atoms with Crippen LogP contribution in [0.25, 0.3) is 0 Å². The van der Waals surface area contributed by atoms with E-state index in [1.54, 1.807) is 0 Å². The maximum absolute atomic E-state index is 11.9. The van der Waals surface area contributed by atoms with Crippen LogP contribution in [0.3, 0.4) is 0 Å². The van der Waals surface area contributed by atoms with E-state index in [4.69, 9.17) is 17.3 Å². The minimum atomic E-state index is -0.662. The maximum Gasteiger partial charge on any atom is 0.300 e. The van der Waals surface area contributed by atoms with Gasteiger partial charge in [0.05, 0.1) is 4.92 Å². The number of aromatic nitrogens is 1. The second-order valence-electron chi connectivity index (χ2n) is 4.18. The van der Waals surface area contributed by atoms with E-state index in [-0.39, 0.29) is 28.5 Å². The van der Waals surface area contributed by atoms with Gasteiger partial charge in [0.1, 0.15) is 16.9 Å². The number of nitrogens with two attached hydrogens (primary N) is 1. The molecule has 1 aliphatic carbocycles. The molecule has 3 N–H and O–H groups in total. The van der Waals surface area contributed by atoms with E-state index < -0.39 is 10.8 Å². The quantitative estimate of drug-likeness (QED) is 0.481. The summed E-state index contributed by atoms with van der Waals surface area (Å²) in [5, 5.41) is 13.5. The first kappa shape index (κ1) is 12.7. The summed E-state index contributed by atoms with van der Waals surface area (Å²) in [7, 11) is 0. The van der Waals surface area contributed by atoms with Crippen LogP contribution in [-0.4, -0.2) is 27.9 Å². The second kappa shape index (κ2) is 4.87. The number of amides is 1. The zero-order valence-electron chi connectivity index (χ0n) is 9.30. The first-order valence-corrected chi connectivity index (χ1v) is 5.71. The van der Waals surface area contributed by atoms with Gasteiger partial charge in [-0.05, 0) is 18.9 Å². The van der Waals surface area contributed by atoms with Crippen LogP contribution < -0.4 is 11.1 Å². The van der Waals surface area contributed by atoms with Crippen molar-refractivity contribution in [3.63, 3.8) is 0 Å². The largest absolute Gasteiger partial charge is 0.349 e. The van der Waals surface area contributed by atoms with Crippen molar-refractivity contribution in [1.82, 2.24) is 10.3 Å². The van der Waals surface area contributed by atoms with E-state index in [0.29, 0.717) is 12.8 Å². The first-order chi connectivity index (χ1) is 8.47. The van der Waals surface area contributed by atoms with Gasteiger partial charge in [0.25, 0.3) is 11.6 Å². The van der Waals surface area contributed by atoms with Gasteiger partial charge in [-0.25, -0.2) is 4.98 Å². The minimum absolute atomic E-state index is 0.0287. The lowest BCUT2D eigenvalue weighted by Gasteiger charge is -2.32. The van der Waals surface area contributed by atoms with Gasteiger partial charge in [-0.3, -0.25) is 14.9 Å². The monoisotopic (exact) mass is 270 g/mol. The Morgan fingerprint density at radius 2 is 2.28 bits per heavy atom. The third kappa shape index (κ3) is 2.57. The number of pyridine rings is 1. The average molecular weight is 271 g/mol. The molecule has 1 aliphatic rings. The Morgan fingerprint density at radius 3 is 2.83 bits per heavy atom. The molecule has 0 saturated heterocycles. The minimum Gasteiger partial charge on any atom is -0.349 e. The Labute approximate surface area is 107 Å². The molecule has 96 valence electrons. The Bertz CT molecular complexity index is 502. The number of nitrogens with one attached hydrogen (secondary N) is 1. The van der Waals surface area contributed by atoms with Crippen LogP contribution in [-0.2, 0) is 0 Å². The van der Waals surface area contributed by atoms with Crippen molar-refractivity contribution < 1.29 is 9.72 Å². The summed E-state index contributed by atoms with van der Waals surface area (Å²) in [4.78, 5) is 25.6. The van der Waals surface area contributed by atoms with E-state index >= 15 is 0 Å². The lowest BCUT2D eigenvalue weighted by atomic mass is 9.87. The van der Waals surface area contributed by atoms with Crippen LogP contribution in [0.2, 0.25) is 5.15 Å². The molecule has 1 aromatic heterocycles. The Morgan fingerprint density at radius 1 is 1.61 bits per heavy atom. The van der Waals surface area contributed by atoms with Crippen molar-refractivity contribution in [3.05, 3.63) is 33.1 Å². The van der Waals surface area contributed by atoms with Gasteiger partial charge < -0.3 is 11.1 Å². The van der Waals surface area contributed by atoms with Crippen LogP contribution in [0.4, 0.5) is 5.69 Å². The topological polar surface area (TPSA) is 111 Å². The molecule has 0 radical (unpaired) electrons. The van der Waals surface area contributed by atoms with Gasteiger partial charge in [-0.15, -0.1) is 0 Å². The molecule has 2 rings (SSSR count). The number of rotatable bonds is 3. The molecule has 1 fully saturated rings. The van der Waals surface area contributed by atoms with E-state index in [0.717, 1.165) is 6.20 Å². The Hall–Kier alpha value is -1.73. The average Bonchev–Trinajstić information content (AvgIpc) is 2.26. The fourth-order valence-electron chi connectivity index (χ4n) is 1.79.